The van der Waals surface area contributed by atoms with Crippen LogP contribution in [-0.2, 0) is 6.54 Å². The van der Waals surface area contributed by atoms with E-state index in [4.69, 9.17) is 11.5 Å². The van der Waals surface area contributed by atoms with Crippen LogP contribution in [0.3, 0.4) is 0 Å². The third-order valence-electron chi connectivity index (χ3n) is 3.49. The van der Waals surface area contributed by atoms with Crippen molar-refractivity contribution >= 4 is 34.0 Å². The van der Waals surface area contributed by atoms with Crippen molar-refractivity contribution in [1.29, 1.82) is 0 Å². The van der Waals surface area contributed by atoms with E-state index in [-0.39, 0.29) is 5.96 Å². The van der Waals surface area contributed by atoms with Crippen molar-refractivity contribution in [2.45, 2.75) is 13.5 Å². The first kappa shape index (κ1) is 13.2. The standard InChI is InChI=1S/C16H17N5/c1-2-21-14-6-4-3-5-12(14)13-9-11(7-8-15(13)21)10-19-20-16(17)18/h3-10H,2H2,1H3,(H4,17,18,20). The Bertz CT molecular complexity index is 854. The van der Waals surface area contributed by atoms with Gasteiger partial charge in [0.2, 0.25) is 5.96 Å². The lowest BCUT2D eigenvalue weighted by Gasteiger charge is -2.02. The van der Waals surface area contributed by atoms with Gasteiger partial charge in [-0.25, -0.2) is 0 Å². The second kappa shape index (κ2) is 5.28. The molecule has 0 bridgehead atoms. The first-order chi connectivity index (χ1) is 10.2. The predicted molar refractivity (Wildman–Crippen MR) is 88.5 cm³/mol. The van der Waals surface area contributed by atoms with Crippen molar-refractivity contribution < 1.29 is 0 Å². The number of fused-ring (bicyclic) bond motifs is 3. The van der Waals surface area contributed by atoms with Gasteiger partial charge >= 0.3 is 0 Å². The Morgan fingerprint density at radius 3 is 2.62 bits per heavy atom. The van der Waals surface area contributed by atoms with E-state index in [1.54, 1.807) is 6.21 Å². The van der Waals surface area contributed by atoms with E-state index in [1.165, 1.54) is 21.8 Å². The van der Waals surface area contributed by atoms with Crippen molar-refractivity contribution in [3.8, 4) is 0 Å². The van der Waals surface area contributed by atoms with Gasteiger partial charge in [0.1, 0.15) is 0 Å². The fraction of sp³-hybridized carbons (Fsp3) is 0.125. The Kier molecular flexibility index (Phi) is 3.31. The van der Waals surface area contributed by atoms with Crippen LogP contribution in [0.1, 0.15) is 12.5 Å². The molecule has 0 atom stereocenters. The minimum Gasteiger partial charge on any atom is -0.369 e. The van der Waals surface area contributed by atoms with Crippen molar-refractivity contribution in [3.63, 3.8) is 0 Å². The zero-order valence-corrected chi connectivity index (χ0v) is 11.8. The molecule has 2 aromatic carbocycles. The molecular formula is C16H17N5. The van der Waals surface area contributed by atoms with Crippen molar-refractivity contribution in [1.82, 2.24) is 4.57 Å². The molecule has 0 radical (unpaired) electrons. The summed E-state index contributed by atoms with van der Waals surface area (Å²) < 4.78 is 2.31. The second-order valence-corrected chi connectivity index (χ2v) is 4.81. The average Bonchev–Trinajstić information content (AvgIpc) is 2.80. The number of aromatic nitrogens is 1. The molecule has 0 saturated heterocycles. The van der Waals surface area contributed by atoms with Crippen LogP contribution in [0.15, 0.2) is 52.7 Å². The summed E-state index contributed by atoms with van der Waals surface area (Å²) in [6.45, 7) is 3.09. The number of hydrogen-bond acceptors (Lipinski definition) is 2. The van der Waals surface area contributed by atoms with Crippen LogP contribution in [-0.4, -0.2) is 16.7 Å². The fourth-order valence-electron chi connectivity index (χ4n) is 2.65. The minimum absolute atomic E-state index is 0.0464. The van der Waals surface area contributed by atoms with Crippen LogP contribution in [0.25, 0.3) is 21.8 Å². The number of aryl methyl sites for hydroxylation is 1. The zero-order valence-electron chi connectivity index (χ0n) is 11.8. The lowest BCUT2D eigenvalue weighted by molar-refractivity contribution is 0.827. The van der Waals surface area contributed by atoms with Gasteiger partial charge in [-0.3, -0.25) is 0 Å². The number of hydrogen-bond donors (Lipinski definition) is 2. The second-order valence-electron chi connectivity index (χ2n) is 4.81. The number of nitrogens with zero attached hydrogens (tertiary/aromatic N) is 3. The van der Waals surface area contributed by atoms with Crippen LogP contribution in [0.5, 0.6) is 0 Å². The molecule has 106 valence electrons. The first-order valence-electron chi connectivity index (χ1n) is 6.83. The highest BCUT2D eigenvalue weighted by molar-refractivity contribution is 6.09. The quantitative estimate of drug-likeness (QED) is 0.438. The topological polar surface area (TPSA) is 81.7 Å². The van der Waals surface area contributed by atoms with Gasteiger partial charge in [0, 0.05) is 28.4 Å². The average molecular weight is 279 g/mol. The van der Waals surface area contributed by atoms with Crippen molar-refractivity contribution in [3.05, 3.63) is 48.0 Å². The maximum atomic E-state index is 5.25. The highest BCUT2D eigenvalue weighted by atomic mass is 15.3. The summed E-state index contributed by atoms with van der Waals surface area (Å²) in [5.74, 6) is -0.0464. The van der Waals surface area contributed by atoms with Crippen LogP contribution in [0.4, 0.5) is 0 Å². The molecule has 0 aliphatic carbocycles. The number of benzene rings is 2. The molecular weight excluding hydrogens is 262 g/mol. The maximum absolute atomic E-state index is 5.25. The van der Waals surface area contributed by atoms with Gasteiger partial charge < -0.3 is 16.0 Å². The maximum Gasteiger partial charge on any atom is 0.211 e. The molecule has 0 aliphatic rings. The van der Waals surface area contributed by atoms with Crippen LogP contribution < -0.4 is 11.5 Å². The summed E-state index contributed by atoms with van der Waals surface area (Å²) in [7, 11) is 0. The fourth-order valence-corrected chi connectivity index (χ4v) is 2.65. The van der Waals surface area contributed by atoms with E-state index in [1.807, 2.05) is 6.07 Å². The molecule has 0 unspecified atom stereocenters. The highest BCUT2D eigenvalue weighted by Gasteiger charge is 2.08. The monoisotopic (exact) mass is 279 g/mol. The molecule has 5 nitrogen and oxygen atoms in total. The zero-order chi connectivity index (χ0) is 14.8. The van der Waals surface area contributed by atoms with Gasteiger partial charge in [0.05, 0.1) is 6.21 Å². The summed E-state index contributed by atoms with van der Waals surface area (Å²) >= 11 is 0. The van der Waals surface area contributed by atoms with E-state index in [9.17, 15) is 0 Å². The Morgan fingerprint density at radius 2 is 1.86 bits per heavy atom. The van der Waals surface area contributed by atoms with Gasteiger partial charge in [0.15, 0.2) is 0 Å². The predicted octanol–water partition coefficient (Wildman–Crippen LogP) is 2.42. The van der Waals surface area contributed by atoms with Crippen LogP contribution in [0.2, 0.25) is 0 Å². The number of nitrogens with two attached hydrogens (primary N) is 2. The van der Waals surface area contributed by atoms with Gasteiger partial charge in [-0.05, 0) is 30.7 Å². The van der Waals surface area contributed by atoms with E-state index < -0.39 is 0 Å². The molecule has 0 spiro atoms. The van der Waals surface area contributed by atoms with Crippen molar-refractivity contribution in [2.24, 2.45) is 21.7 Å². The lowest BCUT2D eigenvalue weighted by atomic mass is 10.1. The first-order valence-corrected chi connectivity index (χ1v) is 6.83. The molecule has 0 fully saturated rings. The molecule has 21 heavy (non-hydrogen) atoms. The minimum atomic E-state index is -0.0464. The molecule has 1 aromatic heterocycles. The normalized spacial score (nSPS) is 11.5. The Hall–Kier alpha value is -2.82. The molecule has 0 amide bonds. The van der Waals surface area contributed by atoms with Gasteiger partial charge in [-0.1, -0.05) is 24.3 Å². The van der Waals surface area contributed by atoms with Gasteiger partial charge in [0.25, 0.3) is 0 Å². The molecule has 0 aliphatic heterocycles. The largest absolute Gasteiger partial charge is 0.369 e. The molecule has 5 heteroatoms. The Morgan fingerprint density at radius 1 is 1.10 bits per heavy atom. The van der Waals surface area contributed by atoms with E-state index >= 15 is 0 Å². The SMILES string of the molecule is CCn1c2ccccc2c2cc(C=NN=C(N)N)ccc21. The summed E-state index contributed by atoms with van der Waals surface area (Å²) in [5.41, 5.74) is 13.9. The molecule has 4 N–H and O–H groups in total. The van der Waals surface area contributed by atoms with Crippen LogP contribution in [0, 0.1) is 0 Å². The Balaban J connectivity index is 2.19. The smallest absolute Gasteiger partial charge is 0.211 e. The molecule has 3 aromatic rings. The van der Waals surface area contributed by atoms with E-state index in [0.29, 0.717) is 0 Å². The molecule has 3 rings (SSSR count). The summed E-state index contributed by atoms with van der Waals surface area (Å²) in [6, 6.07) is 14.6. The summed E-state index contributed by atoms with van der Waals surface area (Å²) in [4.78, 5) is 0. The van der Waals surface area contributed by atoms with E-state index in [2.05, 4.69) is 58.1 Å². The van der Waals surface area contributed by atoms with Crippen molar-refractivity contribution in [2.75, 3.05) is 0 Å². The van der Waals surface area contributed by atoms with Gasteiger partial charge in [-0.15, -0.1) is 5.10 Å². The third kappa shape index (κ3) is 2.33. The molecule has 1 heterocycles. The van der Waals surface area contributed by atoms with Gasteiger partial charge in [-0.2, -0.15) is 5.10 Å². The lowest BCUT2D eigenvalue weighted by Crippen LogP contribution is -2.21. The molecule has 0 saturated carbocycles. The number of para-hydroxylation sites is 1. The van der Waals surface area contributed by atoms with Crippen LogP contribution >= 0.6 is 0 Å². The Labute approximate surface area is 122 Å². The summed E-state index contributed by atoms with van der Waals surface area (Å²) in [5, 5.41) is 9.93. The summed E-state index contributed by atoms with van der Waals surface area (Å²) in [6.07, 6.45) is 1.65. The number of rotatable bonds is 3. The van der Waals surface area contributed by atoms with E-state index in [0.717, 1.165) is 12.1 Å². The number of guanidine groups is 1. The third-order valence-corrected chi connectivity index (χ3v) is 3.49. The highest BCUT2D eigenvalue weighted by Crippen LogP contribution is 2.29.